The van der Waals surface area contributed by atoms with Gasteiger partial charge in [-0.15, -0.1) is 22.7 Å². The number of halogens is 1. The fourth-order valence-corrected chi connectivity index (χ4v) is 15.9. The molecule has 20 rings (SSSR count). The summed E-state index contributed by atoms with van der Waals surface area (Å²) in [6.07, 6.45) is 1.05. The molecule has 14 aromatic carbocycles. The van der Waals surface area contributed by atoms with E-state index in [0.29, 0.717) is 22.3 Å². The summed E-state index contributed by atoms with van der Waals surface area (Å²) in [5.74, 6) is 0.164. The van der Waals surface area contributed by atoms with Crippen molar-refractivity contribution in [2.45, 2.75) is 6.42 Å². The maximum Gasteiger partial charge on any atom is 0.238 e. The highest BCUT2D eigenvalue weighted by molar-refractivity contribution is 9.10. The van der Waals surface area contributed by atoms with Crippen LogP contribution in [0.3, 0.4) is 0 Å². The third-order valence-corrected chi connectivity index (χ3v) is 19.9. The Morgan fingerprint density at radius 3 is 1.30 bits per heavy atom. The molecule has 0 saturated heterocycles. The molecular formula is C87H54BrN7S2. The Morgan fingerprint density at radius 1 is 0.330 bits per heavy atom. The Morgan fingerprint density at radius 2 is 0.732 bits per heavy atom. The van der Waals surface area contributed by atoms with E-state index in [9.17, 15) is 0 Å². The second kappa shape index (κ2) is 24.6. The number of fused-ring (bicyclic) bond motifs is 20. The van der Waals surface area contributed by atoms with E-state index in [0.717, 1.165) is 59.2 Å². The van der Waals surface area contributed by atoms with Crippen LogP contribution in [0.4, 0.5) is 0 Å². The van der Waals surface area contributed by atoms with E-state index in [2.05, 4.69) is 134 Å². The van der Waals surface area contributed by atoms with Crippen LogP contribution in [0.25, 0.3) is 169 Å². The van der Waals surface area contributed by atoms with Crippen molar-refractivity contribution < 1.29 is 27.4 Å². The van der Waals surface area contributed by atoms with Crippen LogP contribution >= 0.6 is 38.6 Å². The molecular weight excluding hydrogens is 1290 g/mol. The standard InChI is InChI=1S/C43H26N4S.C23H14S.C21H14BrN3/c1-3-13-27(14-4-1)28-23-25-30(26-24-28)42-44-41(29-15-5-2-6-16-29)45-43(46-42)47-35-21-11-9-19-33(35)37-31-17-7-8-18-32(31)40-38(39(37)47)34-20-10-12-22-36(34)48-40;1-2-8-15-14(7-1)13-19-21(15)16-9-3-4-10-17(16)23-22(19)18-11-5-6-12-20(18)24-23;22-21-24-19(17-9-5-2-6-10-17)23-20(25-21)18-13-11-16(12-14-18)15-7-3-1-4-8-15/h1-26H;1-12H,13H2;1-14H/i1D,2D,3D,4D,5D,6D,13D,14D,15D,16D;;1D,2D,3D,4D,5D,6D,7D,8D,9D,10D. The minimum Gasteiger partial charge on any atom is -0.277 e. The van der Waals surface area contributed by atoms with Crippen molar-refractivity contribution in [1.29, 1.82) is 0 Å². The van der Waals surface area contributed by atoms with Gasteiger partial charge < -0.3 is 0 Å². The predicted octanol–water partition coefficient (Wildman–Crippen LogP) is 23.9. The zero-order valence-corrected chi connectivity index (χ0v) is 53.7. The number of rotatable bonds is 7. The van der Waals surface area contributed by atoms with Crippen molar-refractivity contribution in [2.24, 2.45) is 0 Å². The summed E-state index contributed by atoms with van der Waals surface area (Å²) in [7, 11) is 0. The topological polar surface area (TPSA) is 82.3 Å². The van der Waals surface area contributed by atoms with Crippen molar-refractivity contribution in [1.82, 2.24) is 34.5 Å². The average molecular weight is 1360 g/mol. The van der Waals surface area contributed by atoms with Crippen LogP contribution < -0.4 is 0 Å². The van der Waals surface area contributed by atoms with Crippen molar-refractivity contribution in [3.63, 3.8) is 0 Å². The van der Waals surface area contributed by atoms with E-state index in [-0.39, 0.29) is 80.4 Å². The Labute approximate surface area is 603 Å². The Balaban J connectivity index is 0.000000135. The van der Waals surface area contributed by atoms with Crippen molar-refractivity contribution >= 4 is 122 Å². The largest absolute Gasteiger partial charge is 0.277 e. The third kappa shape index (κ3) is 10.4. The number of hydrogen-bond donors (Lipinski definition) is 0. The normalized spacial score (nSPS) is 14.6. The van der Waals surface area contributed by atoms with E-state index in [1.165, 1.54) is 53.2 Å². The number of aromatic nitrogens is 7. The van der Waals surface area contributed by atoms with Gasteiger partial charge in [-0.3, -0.25) is 4.57 Å². The van der Waals surface area contributed by atoms with Gasteiger partial charge in [0, 0.05) is 84.1 Å². The molecule has 0 atom stereocenters. The minimum absolute atomic E-state index is 0.0400. The maximum atomic E-state index is 8.88. The van der Waals surface area contributed by atoms with E-state index in [1.54, 1.807) is 59.9 Å². The molecule has 0 unspecified atom stereocenters. The molecule has 0 aliphatic heterocycles. The zero-order chi connectivity index (χ0) is 81.7. The Hall–Kier alpha value is -11.7. The number of hydrogen-bond acceptors (Lipinski definition) is 8. The predicted molar refractivity (Wildman–Crippen MR) is 410 cm³/mol. The monoisotopic (exact) mass is 1360 g/mol. The van der Waals surface area contributed by atoms with Gasteiger partial charge >= 0.3 is 0 Å². The third-order valence-electron chi connectivity index (χ3n) is 17.2. The Kier molecular flexibility index (Phi) is 10.3. The van der Waals surface area contributed by atoms with Gasteiger partial charge in [-0.1, -0.05) is 297 Å². The molecule has 0 saturated carbocycles. The molecule has 5 aromatic heterocycles. The first kappa shape index (κ1) is 40.6. The highest BCUT2D eigenvalue weighted by Crippen LogP contribution is 2.51. The number of benzene rings is 14. The van der Waals surface area contributed by atoms with Gasteiger partial charge in [0.1, 0.15) is 0 Å². The molecule has 0 N–H and O–H groups in total. The lowest BCUT2D eigenvalue weighted by molar-refractivity contribution is 0.955. The summed E-state index contributed by atoms with van der Waals surface area (Å²) in [5.41, 5.74) is 8.90. The maximum absolute atomic E-state index is 8.88. The van der Waals surface area contributed by atoms with Crippen LogP contribution in [0, 0.1) is 0 Å². The minimum atomic E-state index is -0.544. The van der Waals surface area contributed by atoms with Gasteiger partial charge in [-0.05, 0) is 95.8 Å². The average Bonchev–Trinajstić information content (AvgIpc) is 1.53. The summed E-state index contributed by atoms with van der Waals surface area (Å²) in [6, 6.07) is 54.9. The molecule has 7 nitrogen and oxygen atoms in total. The Bertz CT molecular complexity index is 7410. The van der Waals surface area contributed by atoms with Gasteiger partial charge in [-0.2, -0.15) is 9.97 Å². The van der Waals surface area contributed by atoms with Crippen LogP contribution in [0.15, 0.2) is 320 Å². The molecule has 19 aromatic rings. The zero-order valence-electron chi connectivity index (χ0n) is 70.5. The van der Waals surface area contributed by atoms with E-state index in [4.69, 9.17) is 42.4 Å². The number of nitrogens with zero attached hydrogens (tertiary/aromatic N) is 7. The first-order valence-electron chi connectivity index (χ1n) is 40.7. The lowest BCUT2D eigenvalue weighted by Crippen LogP contribution is -2.06. The molecule has 0 radical (unpaired) electrons. The van der Waals surface area contributed by atoms with Crippen LogP contribution in [-0.2, 0) is 6.42 Å². The number of thiophene rings is 2. The van der Waals surface area contributed by atoms with Gasteiger partial charge in [-0.25, -0.2) is 19.9 Å². The highest BCUT2D eigenvalue weighted by Gasteiger charge is 2.27. The van der Waals surface area contributed by atoms with E-state index in [1.807, 2.05) is 58.4 Å². The van der Waals surface area contributed by atoms with Gasteiger partial charge in [0.25, 0.3) is 0 Å². The SMILES string of the molecule is [2H]c1c([2H])c([2H])c(-c2ccc(-c3nc(-c4c([2H])c([2H])c([2H])c([2H])c4[2H])nc(-n4c5ccccc5c5c6ccccc6c6sc7ccccc7c6c54)n3)cc2)c([2H])c1[2H].[2H]c1c([2H])c([2H])c(-c2ccc(-c3nc(Br)nc(-c4c([2H])c([2H])c([2H])c([2H])c4[2H])n3)cc2)c([2H])c1[2H].c1ccc2c(c1)Cc1c-2c2ccccc2c2sc3ccccc3c12. The lowest BCUT2D eigenvalue weighted by atomic mass is 9.94. The molecule has 97 heavy (non-hydrogen) atoms. The van der Waals surface area contributed by atoms with E-state index < -0.39 is 96.7 Å². The number of para-hydroxylation sites is 1. The second-order valence-corrected chi connectivity index (χ2v) is 25.5. The summed E-state index contributed by atoms with van der Waals surface area (Å²) in [5, 5.41) is 11.8. The van der Waals surface area contributed by atoms with Crippen LogP contribution in [0.2, 0.25) is 0 Å². The van der Waals surface area contributed by atoms with Crippen LogP contribution in [-0.4, -0.2) is 34.5 Å². The van der Waals surface area contributed by atoms with Crippen molar-refractivity contribution in [2.75, 3.05) is 0 Å². The van der Waals surface area contributed by atoms with Crippen molar-refractivity contribution in [3.05, 3.63) is 331 Å². The fourth-order valence-electron chi connectivity index (χ4n) is 13.0. The molecule has 0 bridgehead atoms. The molecule has 1 aliphatic carbocycles. The molecule has 0 amide bonds. The first-order chi connectivity index (χ1) is 56.3. The molecule has 5 heterocycles. The molecule has 10 heteroatoms. The summed E-state index contributed by atoms with van der Waals surface area (Å²) in [6.45, 7) is 0. The van der Waals surface area contributed by atoms with Crippen molar-refractivity contribution in [3.8, 4) is 84.9 Å². The fraction of sp³-hybridized carbons (Fsp3) is 0.0115. The van der Waals surface area contributed by atoms with E-state index >= 15 is 0 Å². The first-order valence-corrected chi connectivity index (χ1v) is 33.1. The van der Waals surface area contributed by atoms with Crippen LogP contribution in [0.1, 0.15) is 38.5 Å². The molecule has 0 spiro atoms. The lowest BCUT2D eigenvalue weighted by Gasteiger charge is -2.12. The molecule has 1 aliphatic rings. The molecule has 456 valence electrons. The highest BCUT2D eigenvalue weighted by atomic mass is 79.9. The second-order valence-electron chi connectivity index (χ2n) is 22.6. The van der Waals surface area contributed by atoms with Gasteiger partial charge in [0.05, 0.1) is 38.4 Å². The van der Waals surface area contributed by atoms with Gasteiger partial charge in [0.2, 0.25) is 10.7 Å². The molecule has 0 fully saturated rings. The summed E-state index contributed by atoms with van der Waals surface area (Å²) in [4.78, 5) is 27.4. The van der Waals surface area contributed by atoms with Gasteiger partial charge in [0.15, 0.2) is 23.3 Å². The summed E-state index contributed by atoms with van der Waals surface area (Å²) >= 11 is 6.81. The van der Waals surface area contributed by atoms with Crippen LogP contribution in [0.5, 0.6) is 0 Å². The summed E-state index contributed by atoms with van der Waals surface area (Å²) < 4.78 is 171. The smallest absolute Gasteiger partial charge is 0.238 e. The quantitative estimate of drug-likeness (QED) is 0.158.